The second kappa shape index (κ2) is 3.42. The number of H-pyrrole nitrogens is 1. The van der Waals surface area contributed by atoms with Crippen LogP contribution < -0.4 is 10.3 Å². The molecule has 0 spiro atoms. The highest BCUT2D eigenvalue weighted by Gasteiger charge is 2.16. The van der Waals surface area contributed by atoms with E-state index in [0.29, 0.717) is 6.07 Å². The predicted octanol–water partition coefficient (Wildman–Crippen LogP) is 1.03. The van der Waals surface area contributed by atoms with E-state index in [2.05, 4.69) is 4.74 Å². The Morgan fingerprint density at radius 1 is 1.62 bits per heavy atom. The first-order chi connectivity index (χ1) is 6.06. The van der Waals surface area contributed by atoms with E-state index in [0.717, 1.165) is 7.11 Å². The van der Waals surface area contributed by atoms with Gasteiger partial charge < -0.3 is 9.84 Å². The van der Waals surface area contributed by atoms with Crippen molar-refractivity contribution in [3.63, 3.8) is 0 Å². The molecular weight excluding hydrogens is 184 g/mol. The molecule has 13 heavy (non-hydrogen) atoms. The van der Waals surface area contributed by atoms with Gasteiger partial charge in [-0.1, -0.05) is 0 Å². The zero-order valence-corrected chi connectivity index (χ0v) is 6.67. The molecule has 0 aromatic carbocycles. The molecule has 0 fully saturated rings. The van der Waals surface area contributed by atoms with Crippen LogP contribution in [0.1, 0.15) is 12.0 Å². The lowest BCUT2D eigenvalue weighted by molar-refractivity contribution is 0.145. The van der Waals surface area contributed by atoms with Gasteiger partial charge in [-0.3, -0.25) is 9.78 Å². The lowest BCUT2D eigenvalue weighted by atomic mass is 10.2. The van der Waals surface area contributed by atoms with Gasteiger partial charge in [0.1, 0.15) is 0 Å². The van der Waals surface area contributed by atoms with Crippen molar-refractivity contribution in [3.05, 3.63) is 22.0 Å². The third-order valence-corrected chi connectivity index (χ3v) is 1.45. The van der Waals surface area contributed by atoms with E-state index < -0.39 is 23.3 Å². The van der Waals surface area contributed by atoms with Crippen molar-refractivity contribution in [2.45, 2.75) is 6.43 Å². The largest absolute Gasteiger partial charge is 0.503 e. The number of methoxy groups -OCH3 is 1. The van der Waals surface area contributed by atoms with Crippen LogP contribution in [-0.4, -0.2) is 17.2 Å². The number of rotatable bonds is 2. The molecule has 1 aromatic rings. The molecule has 0 aliphatic heterocycles. The molecule has 0 amide bonds. The van der Waals surface area contributed by atoms with Gasteiger partial charge in [0.05, 0.1) is 12.7 Å². The maximum Gasteiger partial charge on any atom is 0.292 e. The van der Waals surface area contributed by atoms with Gasteiger partial charge in [0.2, 0.25) is 5.88 Å². The molecule has 1 rings (SSSR count). The van der Waals surface area contributed by atoms with E-state index in [1.54, 1.807) is 0 Å². The predicted molar refractivity (Wildman–Crippen MR) is 40.2 cm³/mol. The van der Waals surface area contributed by atoms with E-state index in [-0.39, 0.29) is 5.88 Å². The summed E-state index contributed by atoms with van der Waals surface area (Å²) >= 11 is 0. The fourth-order valence-corrected chi connectivity index (χ4v) is 0.849. The molecule has 0 unspecified atom stereocenters. The van der Waals surface area contributed by atoms with Crippen LogP contribution in [0, 0.1) is 0 Å². The van der Waals surface area contributed by atoms with Crippen LogP contribution in [0.2, 0.25) is 0 Å². The number of aromatic hydroxyl groups is 1. The Hall–Kier alpha value is -1.59. The van der Waals surface area contributed by atoms with E-state index in [1.807, 2.05) is 4.98 Å². The van der Waals surface area contributed by atoms with Crippen LogP contribution in [0.3, 0.4) is 0 Å². The number of ether oxygens (including phenoxy) is 1. The number of hydrogen-bond donors (Lipinski definition) is 2. The number of alkyl halides is 2. The van der Waals surface area contributed by atoms with Gasteiger partial charge in [0.25, 0.3) is 12.0 Å². The van der Waals surface area contributed by atoms with Gasteiger partial charge in [-0.05, 0) is 6.07 Å². The number of hydrogen-bond acceptors (Lipinski definition) is 3. The Balaban J connectivity index is 3.33. The van der Waals surface area contributed by atoms with E-state index in [4.69, 9.17) is 5.11 Å². The van der Waals surface area contributed by atoms with E-state index in [1.165, 1.54) is 0 Å². The molecule has 0 saturated heterocycles. The van der Waals surface area contributed by atoms with E-state index in [9.17, 15) is 13.6 Å². The van der Waals surface area contributed by atoms with Crippen molar-refractivity contribution in [2.75, 3.05) is 7.11 Å². The summed E-state index contributed by atoms with van der Waals surface area (Å²) in [5.41, 5.74) is -1.40. The first kappa shape index (κ1) is 9.50. The Bertz CT molecular complexity index is 361. The summed E-state index contributed by atoms with van der Waals surface area (Å²) in [6.45, 7) is 0. The summed E-state index contributed by atoms with van der Waals surface area (Å²) in [5.74, 6) is -1.09. The molecule has 72 valence electrons. The third kappa shape index (κ3) is 1.77. The first-order valence-corrected chi connectivity index (χ1v) is 3.34. The summed E-state index contributed by atoms with van der Waals surface area (Å²) in [4.78, 5) is 12.7. The SMILES string of the molecule is COc1[nH]c(=O)c(O)cc1C(F)F. The highest BCUT2D eigenvalue weighted by atomic mass is 19.3. The molecule has 0 aliphatic rings. The summed E-state index contributed by atoms with van der Waals surface area (Å²) in [6, 6.07) is 0.683. The lowest BCUT2D eigenvalue weighted by Crippen LogP contribution is -2.09. The van der Waals surface area contributed by atoms with Crippen LogP contribution in [0.5, 0.6) is 11.6 Å². The highest BCUT2D eigenvalue weighted by molar-refractivity contribution is 5.33. The maximum atomic E-state index is 12.2. The second-order valence-electron chi connectivity index (χ2n) is 2.27. The van der Waals surface area contributed by atoms with E-state index >= 15 is 0 Å². The normalized spacial score (nSPS) is 10.5. The average Bonchev–Trinajstić information content (AvgIpc) is 2.08. The Labute approximate surface area is 71.8 Å². The number of nitrogens with one attached hydrogen (secondary N) is 1. The summed E-state index contributed by atoms with van der Waals surface area (Å²) in [5, 5.41) is 8.84. The number of aromatic nitrogens is 1. The van der Waals surface area contributed by atoms with Crippen LogP contribution >= 0.6 is 0 Å². The topological polar surface area (TPSA) is 62.3 Å². The number of halogens is 2. The van der Waals surface area contributed by atoms with Crippen LogP contribution in [0.25, 0.3) is 0 Å². The van der Waals surface area contributed by atoms with Crippen molar-refractivity contribution in [2.24, 2.45) is 0 Å². The zero-order valence-electron chi connectivity index (χ0n) is 6.67. The molecule has 2 N–H and O–H groups in total. The van der Waals surface area contributed by atoms with Crippen LogP contribution in [-0.2, 0) is 0 Å². The van der Waals surface area contributed by atoms with Crippen LogP contribution in [0.15, 0.2) is 10.9 Å². The van der Waals surface area contributed by atoms with Gasteiger partial charge >= 0.3 is 0 Å². The molecule has 0 radical (unpaired) electrons. The van der Waals surface area contributed by atoms with Gasteiger partial charge in [-0.2, -0.15) is 0 Å². The summed E-state index contributed by atoms with van der Waals surface area (Å²) in [7, 11) is 1.15. The standard InChI is InChI=1S/C7H7F2NO3/c1-13-7-3(5(8)9)2-4(11)6(12)10-7/h2,5,11H,1H3,(H,10,12). The Morgan fingerprint density at radius 3 is 2.69 bits per heavy atom. The van der Waals surface area contributed by atoms with Gasteiger partial charge in [0.15, 0.2) is 5.75 Å². The fraction of sp³-hybridized carbons (Fsp3) is 0.286. The van der Waals surface area contributed by atoms with Crippen molar-refractivity contribution in [3.8, 4) is 11.6 Å². The molecule has 6 heteroatoms. The average molecular weight is 191 g/mol. The zero-order chi connectivity index (χ0) is 10.0. The molecule has 0 atom stereocenters. The quantitative estimate of drug-likeness (QED) is 0.733. The monoisotopic (exact) mass is 191 g/mol. The minimum atomic E-state index is -2.81. The van der Waals surface area contributed by atoms with Crippen molar-refractivity contribution < 1.29 is 18.6 Å². The van der Waals surface area contributed by atoms with Crippen molar-refractivity contribution in [1.29, 1.82) is 0 Å². The molecule has 0 bridgehead atoms. The maximum absolute atomic E-state index is 12.2. The summed E-state index contributed by atoms with van der Waals surface area (Å²) < 4.78 is 28.9. The molecule has 0 aliphatic carbocycles. The molecule has 1 heterocycles. The lowest BCUT2D eigenvalue weighted by Gasteiger charge is -2.06. The smallest absolute Gasteiger partial charge is 0.292 e. The number of pyridine rings is 1. The third-order valence-electron chi connectivity index (χ3n) is 1.45. The molecule has 4 nitrogen and oxygen atoms in total. The first-order valence-electron chi connectivity index (χ1n) is 3.34. The number of aromatic amines is 1. The Morgan fingerprint density at radius 2 is 2.23 bits per heavy atom. The summed E-state index contributed by atoms with van der Waals surface area (Å²) in [6.07, 6.45) is -2.81. The second-order valence-corrected chi connectivity index (χ2v) is 2.27. The van der Waals surface area contributed by atoms with Crippen molar-refractivity contribution in [1.82, 2.24) is 4.98 Å². The highest BCUT2D eigenvalue weighted by Crippen LogP contribution is 2.27. The molecule has 0 saturated carbocycles. The minimum absolute atomic E-state index is 0.335. The fourth-order valence-electron chi connectivity index (χ4n) is 0.849. The van der Waals surface area contributed by atoms with Crippen LogP contribution in [0.4, 0.5) is 8.78 Å². The van der Waals surface area contributed by atoms with Gasteiger partial charge in [0, 0.05) is 0 Å². The van der Waals surface area contributed by atoms with Gasteiger partial charge in [-0.15, -0.1) is 0 Å². The van der Waals surface area contributed by atoms with Crippen molar-refractivity contribution >= 4 is 0 Å². The molecular formula is C7H7F2NO3. The minimum Gasteiger partial charge on any atom is -0.503 e. The molecule has 1 aromatic heterocycles. The van der Waals surface area contributed by atoms with Gasteiger partial charge in [-0.25, -0.2) is 8.78 Å². The Kier molecular flexibility index (Phi) is 2.50.